The molecule has 0 aromatic carbocycles. The van der Waals surface area contributed by atoms with Crippen LogP contribution in [0.2, 0.25) is 0 Å². The Hall–Kier alpha value is -0.850. The van der Waals surface area contributed by atoms with Gasteiger partial charge < -0.3 is 0 Å². The van der Waals surface area contributed by atoms with Crippen LogP contribution in [0.3, 0.4) is 0 Å². The van der Waals surface area contributed by atoms with E-state index in [4.69, 9.17) is 0 Å². The minimum Gasteiger partial charge on any atom is -0.295 e. The molecule has 0 spiro atoms. The summed E-state index contributed by atoms with van der Waals surface area (Å²) in [5.74, 6) is 0.372. The van der Waals surface area contributed by atoms with Crippen molar-refractivity contribution in [2.45, 2.75) is 39.0 Å². The molecule has 1 fully saturated rings. The molecule has 1 heteroatoms. The fourth-order valence-corrected chi connectivity index (χ4v) is 1.64. The number of carbonyl (C=O) groups is 1. The van der Waals surface area contributed by atoms with Crippen molar-refractivity contribution < 1.29 is 4.79 Å². The zero-order chi connectivity index (χ0) is 8.97. The number of hydrogen-bond acceptors (Lipinski definition) is 1. The maximum absolute atomic E-state index is 11.3. The molecule has 1 aliphatic carbocycles. The molecule has 0 aromatic heterocycles. The first-order valence-corrected chi connectivity index (χ1v) is 4.58. The Morgan fingerprint density at radius 1 is 1.58 bits per heavy atom. The molecule has 0 amide bonds. The van der Waals surface area contributed by atoms with E-state index in [1.54, 1.807) is 0 Å². The molecular formula is C11H16O. The van der Waals surface area contributed by atoms with Crippen molar-refractivity contribution in [2.75, 3.05) is 0 Å². The molecule has 0 unspecified atom stereocenters. The molecule has 0 aliphatic heterocycles. The molecule has 1 saturated carbocycles. The first-order valence-electron chi connectivity index (χ1n) is 4.58. The van der Waals surface area contributed by atoms with Crippen LogP contribution in [-0.2, 0) is 4.79 Å². The van der Waals surface area contributed by atoms with Crippen LogP contribution in [0.4, 0.5) is 0 Å². The van der Waals surface area contributed by atoms with Gasteiger partial charge >= 0.3 is 0 Å². The van der Waals surface area contributed by atoms with Gasteiger partial charge in [-0.3, -0.25) is 4.79 Å². The Balaban J connectivity index is 2.61. The van der Waals surface area contributed by atoms with E-state index >= 15 is 0 Å². The maximum Gasteiger partial charge on any atom is 0.158 e. The van der Waals surface area contributed by atoms with Crippen molar-refractivity contribution in [1.29, 1.82) is 0 Å². The first-order chi connectivity index (χ1) is 5.75. The summed E-state index contributed by atoms with van der Waals surface area (Å²) < 4.78 is 0. The van der Waals surface area contributed by atoms with E-state index in [0.29, 0.717) is 5.78 Å². The van der Waals surface area contributed by atoms with Crippen LogP contribution >= 0.6 is 0 Å². The fourth-order valence-electron chi connectivity index (χ4n) is 1.64. The lowest BCUT2D eigenvalue weighted by Gasteiger charge is -2.02. The lowest BCUT2D eigenvalue weighted by Crippen LogP contribution is -1.95. The van der Waals surface area contributed by atoms with Gasteiger partial charge in [-0.05, 0) is 38.2 Å². The minimum absolute atomic E-state index is 0.372. The van der Waals surface area contributed by atoms with Crippen molar-refractivity contribution in [2.24, 2.45) is 0 Å². The number of Topliss-reactive ketones (excluding diaryl/α,β-unsaturated/α-hetero) is 1. The number of rotatable bonds is 3. The van der Waals surface area contributed by atoms with Crippen molar-refractivity contribution in [3.8, 4) is 0 Å². The van der Waals surface area contributed by atoms with Crippen molar-refractivity contribution >= 4 is 5.78 Å². The highest BCUT2D eigenvalue weighted by Crippen LogP contribution is 2.25. The topological polar surface area (TPSA) is 17.1 Å². The van der Waals surface area contributed by atoms with E-state index in [2.05, 4.69) is 13.5 Å². The van der Waals surface area contributed by atoms with Crippen LogP contribution in [0.5, 0.6) is 0 Å². The lowest BCUT2D eigenvalue weighted by molar-refractivity contribution is -0.114. The molecule has 0 radical (unpaired) electrons. The number of ketones is 1. The zero-order valence-electron chi connectivity index (χ0n) is 7.73. The summed E-state index contributed by atoms with van der Waals surface area (Å²) in [5, 5.41) is 0. The second-order valence-corrected chi connectivity index (χ2v) is 3.36. The second-order valence-electron chi connectivity index (χ2n) is 3.36. The van der Waals surface area contributed by atoms with E-state index < -0.39 is 0 Å². The highest BCUT2D eigenvalue weighted by atomic mass is 16.1. The van der Waals surface area contributed by atoms with Gasteiger partial charge in [0.15, 0.2) is 5.78 Å². The van der Waals surface area contributed by atoms with Gasteiger partial charge in [-0.15, -0.1) is 6.58 Å². The highest BCUT2D eigenvalue weighted by molar-refractivity contribution is 5.97. The molecule has 66 valence electrons. The minimum atomic E-state index is 0.372. The van der Waals surface area contributed by atoms with E-state index in [9.17, 15) is 4.79 Å². The molecule has 12 heavy (non-hydrogen) atoms. The Labute approximate surface area is 74.2 Å². The predicted molar refractivity (Wildman–Crippen MR) is 51.0 cm³/mol. The monoisotopic (exact) mass is 164 g/mol. The molecule has 0 bridgehead atoms. The highest BCUT2D eigenvalue weighted by Gasteiger charge is 2.18. The van der Waals surface area contributed by atoms with Gasteiger partial charge in [0, 0.05) is 6.42 Å². The summed E-state index contributed by atoms with van der Waals surface area (Å²) in [6.07, 6.45) is 6.72. The summed E-state index contributed by atoms with van der Waals surface area (Å²) >= 11 is 0. The molecule has 1 rings (SSSR count). The first kappa shape index (κ1) is 9.24. The third-order valence-corrected chi connectivity index (χ3v) is 2.41. The van der Waals surface area contributed by atoms with Crippen LogP contribution in [0, 0.1) is 0 Å². The third-order valence-electron chi connectivity index (χ3n) is 2.41. The molecule has 0 N–H and O–H groups in total. The van der Waals surface area contributed by atoms with Gasteiger partial charge in [-0.25, -0.2) is 0 Å². The van der Waals surface area contributed by atoms with Gasteiger partial charge in [0.2, 0.25) is 0 Å². The van der Waals surface area contributed by atoms with Crippen molar-refractivity contribution in [3.05, 3.63) is 23.8 Å². The van der Waals surface area contributed by atoms with Gasteiger partial charge in [0.05, 0.1) is 0 Å². The third kappa shape index (κ3) is 2.07. The Kier molecular flexibility index (Phi) is 3.27. The van der Waals surface area contributed by atoms with Crippen LogP contribution in [0.15, 0.2) is 23.8 Å². The van der Waals surface area contributed by atoms with Gasteiger partial charge in [-0.1, -0.05) is 11.6 Å². The SMILES string of the molecule is C=CCC/C(C)=C1/CCCC1=O. The molecule has 1 nitrogen and oxygen atoms in total. The van der Waals surface area contributed by atoms with Crippen molar-refractivity contribution in [1.82, 2.24) is 0 Å². The number of carbonyl (C=O) groups excluding carboxylic acids is 1. The summed E-state index contributed by atoms with van der Waals surface area (Å²) in [7, 11) is 0. The molecule has 0 heterocycles. The molecule has 0 saturated heterocycles. The summed E-state index contributed by atoms with van der Waals surface area (Å²) in [6, 6.07) is 0. The molecule has 0 aromatic rings. The maximum atomic E-state index is 11.3. The zero-order valence-corrected chi connectivity index (χ0v) is 7.73. The number of allylic oxidation sites excluding steroid dienone is 3. The largest absolute Gasteiger partial charge is 0.295 e. The van der Waals surface area contributed by atoms with Gasteiger partial charge in [-0.2, -0.15) is 0 Å². The van der Waals surface area contributed by atoms with Crippen LogP contribution in [-0.4, -0.2) is 5.78 Å². The fraction of sp³-hybridized carbons (Fsp3) is 0.545. The van der Waals surface area contributed by atoms with E-state index in [1.807, 2.05) is 6.08 Å². The standard InChI is InChI=1S/C11H16O/c1-3-4-6-9(2)10-7-5-8-11(10)12/h3H,1,4-8H2,2H3/b10-9-. The quantitative estimate of drug-likeness (QED) is 0.463. The molecular weight excluding hydrogens is 148 g/mol. The second kappa shape index (κ2) is 4.24. The summed E-state index contributed by atoms with van der Waals surface area (Å²) in [6.45, 7) is 5.74. The Morgan fingerprint density at radius 2 is 2.33 bits per heavy atom. The summed E-state index contributed by atoms with van der Waals surface area (Å²) in [4.78, 5) is 11.3. The molecule has 1 aliphatic rings. The van der Waals surface area contributed by atoms with Crippen LogP contribution in [0.25, 0.3) is 0 Å². The van der Waals surface area contributed by atoms with Crippen molar-refractivity contribution in [3.63, 3.8) is 0 Å². The lowest BCUT2D eigenvalue weighted by atomic mass is 10.0. The predicted octanol–water partition coefficient (Wildman–Crippen LogP) is 3.02. The average molecular weight is 164 g/mol. The van der Waals surface area contributed by atoms with E-state index in [0.717, 1.165) is 37.7 Å². The Morgan fingerprint density at radius 3 is 2.83 bits per heavy atom. The van der Waals surface area contributed by atoms with Gasteiger partial charge in [0.25, 0.3) is 0 Å². The van der Waals surface area contributed by atoms with Crippen LogP contribution in [0.1, 0.15) is 39.0 Å². The van der Waals surface area contributed by atoms with Gasteiger partial charge in [0.1, 0.15) is 0 Å². The normalized spacial score (nSPS) is 21.2. The molecule has 0 atom stereocenters. The van der Waals surface area contributed by atoms with E-state index in [1.165, 1.54) is 5.57 Å². The average Bonchev–Trinajstić information content (AvgIpc) is 2.47. The Bertz CT molecular complexity index is 223. The smallest absolute Gasteiger partial charge is 0.158 e. The number of hydrogen-bond donors (Lipinski definition) is 0. The van der Waals surface area contributed by atoms with Crippen LogP contribution < -0.4 is 0 Å². The van der Waals surface area contributed by atoms with E-state index in [-0.39, 0.29) is 0 Å². The summed E-state index contributed by atoms with van der Waals surface area (Å²) in [5.41, 5.74) is 2.37.